The van der Waals surface area contributed by atoms with Crippen LogP contribution in [0.2, 0.25) is 0 Å². The molecule has 0 bridgehead atoms. The standard InChI is InChI=1S/C12H16N4O/c1-8(15-12(17)6-13)9-3-4-11-10(5-9)14-7-16(11)2/h3-5,7-8H,6,13H2,1-2H3,(H,15,17). The number of fused-ring (bicyclic) bond motifs is 1. The third kappa shape index (κ3) is 2.29. The van der Waals surface area contributed by atoms with Gasteiger partial charge in [-0.15, -0.1) is 0 Å². The van der Waals surface area contributed by atoms with Crippen LogP contribution in [0.5, 0.6) is 0 Å². The van der Waals surface area contributed by atoms with Gasteiger partial charge >= 0.3 is 0 Å². The number of aromatic nitrogens is 2. The summed E-state index contributed by atoms with van der Waals surface area (Å²) in [6.07, 6.45) is 1.78. The average Bonchev–Trinajstić information content (AvgIpc) is 2.70. The maximum Gasteiger partial charge on any atom is 0.234 e. The number of carbonyl (C=O) groups is 1. The minimum atomic E-state index is -0.154. The van der Waals surface area contributed by atoms with Crippen LogP contribution < -0.4 is 11.1 Å². The molecule has 1 unspecified atom stereocenters. The predicted octanol–water partition coefficient (Wildman–Crippen LogP) is 0.709. The Morgan fingerprint density at radius 2 is 2.35 bits per heavy atom. The molecule has 17 heavy (non-hydrogen) atoms. The van der Waals surface area contributed by atoms with Crippen molar-refractivity contribution in [3.05, 3.63) is 30.1 Å². The monoisotopic (exact) mass is 232 g/mol. The van der Waals surface area contributed by atoms with E-state index < -0.39 is 0 Å². The number of rotatable bonds is 3. The second kappa shape index (κ2) is 4.55. The molecule has 1 aromatic heterocycles. The van der Waals surface area contributed by atoms with Gasteiger partial charge in [-0.3, -0.25) is 4.79 Å². The minimum Gasteiger partial charge on any atom is -0.348 e. The Labute approximate surface area is 99.6 Å². The van der Waals surface area contributed by atoms with Gasteiger partial charge in [0.05, 0.1) is 29.9 Å². The number of nitrogens with one attached hydrogen (secondary N) is 1. The Morgan fingerprint density at radius 3 is 3.06 bits per heavy atom. The summed E-state index contributed by atoms with van der Waals surface area (Å²) in [6.45, 7) is 1.94. The molecule has 90 valence electrons. The lowest BCUT2D eigenvalue weighted by Crippen LogP contribution is -2.32. The summed E-state index contributed by atoms with van der Waals surface area (Å²) < 4.78 is 1.96. The number of hydrogen-bond donors (Lipinski definition) is 2. The highest BCUT2D eigenvalue weighted by Gasteiger charge is 2.09. The third-order valence-corrected chi connectivity index (χ3v) is 2.81. The van der Waals surface area contributed by atoms with Crippen molar-refractivity contribution in [2.45, 2.75) is 13.0 Å². The van der Waals surface area contributed by atoms with Gasteiger partial charge in [0.1, 0.15) is 0 Å². The molecular weight excluding hydrogens is 216 g/mol. The SMILES string of the molecule is CC(NC(=O)CN)c1ccc2c(c1)ncn2C. The van der Waals surface area contributed by atoms with Gasteiger partial charge in [0.25, 0.3) is 0 Å². The second-order valence-corrected chi connectivity index (χ2v) is 4.10. The Morgan fingerprint density at radius 1 is 1.59 bits per heavy atom. The summed E-state index contributed by atoms with van der Waals surface area (Å²) in [5.74, 6) is -0.154. The van der Waals surface area contributed by atoms with Crippen LogP contribution in [-0.4, -0.2) is 22.0 Å². The van der Waals surface area contributed by atoms with Gasteiger partial charge in [0.2, 0.25) is 5.91 Å². The summed E-state index contributed by atoms with van der Waals surface area (Å²) >= 11 is 0. The first-order chi connectivity index (χ1) is 8.11. The molecule has 0 fully saturated rings. The zero-order valence-corrected chi connectivity index (χ0v) is 9.97. The van der Waals surface area contributed by atoms with Crippen LogP contribution in [0.15, 0.2) is 24.5 Å². The highest BCUT2D eigenvalue weighted by atomic mass is 16.1. The quantitative estimate of drug-likeness (QED) is 0.818. The Hall–Kier alpha value is -1.88. The van der Waals surface area contributed by atoms with E-state index in [1.807, 2.05) is 36.7 Å². The first-order valence-corrected chi connectivity index (χ1v) is 5.52. The molecule has 1 aromatic carbocycles. The van der Waals surface area contributed by atoms with E-state index in [9.17, 15) is 4.79 Å². The molecule has 0 radical (unpaired) electrons. The average molecular weight is 232 g/mol. The van der Waals surface area contributed by atoms with Crippen LogP contribution in [-0.2, 0) is 11.8 Å². The topological polar surface area (TPSA) is 72.9 Å². The first kappa shape index (κ1) is 11.6. The maximum atomic E-state index is 11.2. The van der Waals surface area contributed by atoms with Gasteiger partial charge in [-0.25, -0.2) is 4.98 Å². The van der Waals surface area contributed by atoms with Crippen molar-refractivity contribution < 1.29 is 4.79 Å². The Bertz CT molecular complexity index is 546. The molecule has 0 aliphatic rings. The number of aryl methyl sites for hydroxylation is 1. The summed E-state index contributed by atoms with van der Waals surface area (Å²) in [6, 6.07) is 5.92. The lowest BCUT2D eigenvalue weighted by Gasteiger charge is -2.13. The second-order valence-electron chi connectivity index (χ2n) is 4.10. The van der Waals surface area contributed by atoms with Crippen molar-refractivity contribution >= 4 is 16.9 Å². The van der Waals surface area contributed by atoms with E-state index in [0.717, 1.165) is 16.6 Å². The number of nitrogens with two attached hydrogens (primary N) is 1. The number of benzene rings is 1. The molecule has 2 rings (SSSR count). The van der Waals surface area contributed by atoms with Crippen LogP contribution in [0.1, 0.15) is 18.5 Å². The molecule has 0 aliphatic carbocycles. The van der Waals surface area contributed by atoms with Crippen molar-refractivity contribution in [3.63, 3.8) is 0 Å². The molecular formula is C12H16N4O. The highest BCUT2D eigenvalue weighted by Crippen LogP contribution is 2.18. The van der Waals surface area contributed by atoms with Gasteiger partial charge < -0.3 is 15.6 Å². The van der Waals surface area contributed by atoms with E-state index in [1.165, 1.54) is 0 Å². The molecule has 1 amide bonds. The molecule has 0 saturated carbocycles. The third-order valence-electron chi connectivity index (χ3n) is 2.81. The number of hydrogen-bond acceptors (Lipinski definition) is 3. The Kier molecular flexibility index (Phi) is 3.10. The Balaban J connectivity index is 2.26. The normalized spacial score (nSPS) is 12.6. The van der Waals surface area contributed by atoms with E-state index >= 15 is 0 Å². The summed E-state index contributed by atoms with van der Waals surface area (Å²) in [7, 11) is 1.95. The molecule has 3 N–H and O–H groups in total. The molecule has 1 atom stereocenters. The van der Waals surface area contributed by atoms with E-state index in [0.29, 0.717) is 0 Å². The van der Waals surface area contributed by atoms with Crippen LogP contribution in [0, 0.1) is 0 Å². The molecule has 5 nitrogen and oxygen atoms in total. The molecule has 5 heteroatoms. The molecule has 0 aliphatic heterocycles. The lowest BCUT2D eigenvalue weighted by molar-refractivity contribution is -0.120. The van der Waals surface area contributed by atoms with Crippen LogP contribution in [0.25, 0.3) is 11.0 Å². The summed E-state index contributed by atoms with van der Waals surface area (Å²) in [4.78, 5) is 15.5. The maximum absolute atomic E-state index is 11.2. The molecule has 0 spiro atoms. The highest BCUT2D eigenvalue weighted by molar-refractivity contribution is 5.79. The van der Waals surface area contributed by atoms with E-state index in [-0.39, 0.29) is 18.5 Å². The molecule has 2 aromatic rings. The van der Waals surface area contributed by atoms with Crippen molar-refractivity contribution in [2.75, 3.05) is 6.54 Å². The molecule has 1 heterocycles. The number of imidazole rings is 1. The van der Waals surface area contributed by atoms with Crippen LogP contribution in [0.3, 0.4) is 0 Å². The van der Waals surface area contributed by atoms with Crippen molar-refractivity contribution in [1.29, 1.82) is 0 Å². The first-order valence-electron chi connectivity index (χ1n) is 5.52. The number of nitrogens with zero attached hydrogens (tertiary/aromatic N) is 2. The van der Waals surface area contributed by atoms with Crippen LogP contribution >= 0.6 is 0 Å². The van der Waals surface area contributed by atoms with E-state index in [1.54, 1.807) is 6.33 Å². The van der Waals surface area contributed by atoms with Gasteiger partial charge in [-0.1, -0.05) is 6.07 Å². The minimum absolute atomic E-state index is 0.0101. The van der Waals surface area contributed by atoms with Crippen LogP contribution in [0.4, 0.5) is 0 Å². The smallest absolute Gasteiger partial charge is 0.234 e. The number of carbonyl (C=O) groups excluding carboxylic acids is 1. The van der Waals surface area contributed by atoms with Gasteiger partial charge in [-0.05, 0) is 24.6 Å². The zero-order valence-electron chi connectivity index (χ0n) is 9.97. The fourth-order valence-electron chi connectivity index (χ4n) is 1.81. The van der Waals surface area contributed by atoms with Crippen molar-refractivity contribution in [1.82, 2.24) is 14.9 Å². The van der Waals surface area contributed by atoms with Crippen molar-refractivity contribution in [3.8, 4) is 0 Å². The van der Waals surface area contributed by atoms with Crippen molar-refractivity contribution in [2.24, 2.45) is 12.8 Å². The largest absolute Gasteiger partial charge is 0.348 e. The van der Waals surface area contributed by atoms with Gasteiger partial charge in [-0.2, -0.15) is 0 Å². The van der Waals surface area contributed by atoms with Gasteiger partial charge in [0.15, 0.2) is 0 Å². The fourth-order valence-corrected chi connectivity index (χ4v) is 1.81. The van der Waals surface area contributed by atoms with Gasteiger partial charge in [0, 0.05) is 7.05 Å². The number of amides is 1. The summed E-state index contributed by atoms with van der Waals surface area (Å²) in [5, 5.41) is 2.82. The van der Waals surface area contributed by atoms with E-state index in [4.69, 9.17) is 5.73 Å². The fraction of sp³-hybridized carbons (Fsp3) is 0.333. The molecule has 0 saturated heterocycles. The lowest BCUT2D eigenvalue weighted by atomic mass is 10.1. The zero-order chi connectivity index (χ0) is 12.4. The van der Waals surface area contributed by atoms with E-state index in [2.05, 4.69) is 10.3 Å². The predicted molar refractivity (Wildman–Crippen MR) is 66.3 cm³/mol. The summed E-state index contributed by atoms with van der Waals surface area (Å²) in [5.41, 5.74) is 8.30.